The molecule has 1 rings (SSSR count). The summed E-state index contributed by atoms with van der Waals surface area (Å²) in [4.78, 5) is 0. The second-order valence-electron chi connectivity index (χ2n) is 4.53. The molecule has 1 aliphatic heterocycles. The molecule has 0 fully saturated rings. The van der Waals surface area contributed by atoms with Gasteiger partial charge in [-0.2, -0.15) is 0 Å². The van der Waals surface area contributed by atoms with Gasteiger partial charge in [-0.25, -0.2) is 0 Å². The summed E-state index contributed by atoms with van der Waals surface area (Å²) in [6.45, 7) is 8.26. The molecule has 0 spiro atoms. The Morgan fingerprint density at radius 3 is 2.50 bits per heavy atom. The molecule has 0 amide bonds. The molecule has 0 aliphatic carbocycles. The molecule has 0 radical (unpaired) electrons. The molecule has 0 saturated carbocycles. The van der Waals surface area contributed by atoms with Gasteiger partial charge in [0.1, 0.15) is 0 Å². The summed E-state index contributed by atoms with van der Waals surface area (Å²) in [7, 11) is 0. The first-order chi connectivity index (χ1) is 5.41. The summed E-state index contributed by atoms with van der Waals surface area (Å²) in [5.41, 5.74) is 1.04. The minimum absolute atomic E-state index is 0.109. The molecule has 0 saturated heterocycles. The van der Waals surface area contributed by atoms with Crippen LogP contribution in [0.4, 0.5) is 0 Å². The van der Waals surface area contributed by atoms with Gasteiger partial charge in [0, 0.05) is 0 Å². The number of aliphatic hydroxyl groups is 1. The van der Waals surface area contributed by atoms with Crippen LogP contribution in [-0.4, -0.2) is 17.5 Å². The molecule has 1 N–H and O–H groups in total. The van der Waals surface area contributed by atoms with Gasteiger partial charge in [-0.1, -0.05) is 26.8 Å². The third-order valence-electron chi connectivity index (χ3n) is 2.30. The number of ether oxygens (including phenoxy) is 1. The zero-order chi connectivity index (χ0) is 9.35. The Balaban J connectivity index is 2.65. The highest BCUT2D eigenvalue weighted by Crippen LogP contribution is 2.30. The van der Waals surface area contributed by atoms with Crippen molar-refractivity contribution in [1.82, 2.24) is 0 Å². The highest BCUT2D eigenvalue weighted by Gasteiger charge is 2.29. The zero-order valence-electron chi connectivity index (χ0n) is 8.29. The van der Waals surface area contributed by atoms with Crippen molar-refractivity contribution in [1.29, 1.82) is 0 Å². The second-order valence-corrected chi connectivity index (χ2v) is 4.53. The van der Waals surface area contributed by atoms with E-state index < -0.39 is 6.29 Å². The predicted octanol–water partition coefficient (Wildman–Crippen LogP) is 2.09. The molecule has 0 bridgehead atoms. The average molecular weight is 170 g/mol. The number of aliphatic hydroxyl groups excluding tert-OH is 1. The van der Waals surface area contributed by atoms with E-state index in [0.29, 0.717) is 0 Å². The van der Waals surface area contributed by atoms with Crippen LogP contribution in [-0.2, 0) is 4.74 Å². The second kappa shape index (κ2) is 3.19. The number of hydrogen-bond acceptors (Lipinski definition) is 2. The van der Waals surface area contributed by atoms with Gasteiger partial charge in [-0.05, 0) is 24.3 Å². The van der Waals surface area contributed by atoms with Gasteiger partial charge in [-0.3, -0.25) is 0 Å². The summed E-state index contributed by atoms with van der Waals surface area (Å²) in [6, 6.07) is 0. The van der Waals surface area contributed by atoms with Gasteiger partial charge >= 0.3 is 0 Å². The smallest absolute Gasteiger partial charge is 0.177 e. The van der Waals surface area contributed by atoms with Crippen molar-refractivity contribution in [2.45, 2.75) is 46.5 Å². The van der Waals surface area contributed by atoms with E-state index in [1.807, 2.05) is 6.92 Å². The molecular formula is C10H18O2. The maximum absolute atomic E-state index is 9.42. The average Bonchev–Trinajstić information content (AvgIpc) is 1.92. The van der Waals surface area contributed by atoms with Crippen LogP contribution in [0.3, 0.4) is 0 Å². The van der Waals surface area contributed by atoms with Gasteiger partial charge in [0.25, 0.3) is 0 Å². The van der Waals surface area contributed by atoms with Gasteiger partial charge in [0.2, 0.25) is 0 Å². The molecule has 2 nitrogen and oxygen atoms in total. The molecule has 12 heavy (non-hydrogen) atoms. The maximum Gasteiger partial charge on any atom is 0.177 e. The largest absolute Gasteiger partial charge is 0.364 e. The fourth-order valence-electron chi connectivity index (χ4n) is 1.27. The van der Waals surface area contributed by atoms with Crippen molar-refractivity contribution in [3.8, 4) is 0 Å². The Labute approximate surface area is 74.2 Å². The Morgan fingerprint density at radius 2 is 2.08 bits per heavy atom. The lowest BCUT2D eigenvalue weighted by molar-refractivity contribution is -0.149. The van der Waals surface area contributed by atoms with Crippen molar-refractivity contribution in [3.05, 3.63) is 11.6 Å². The van der Waals surface area contributed by atoms with Gasteiger partial charge in [-0.15, -0.1) is 0 Å². The molecule has 2 heteroatoms. The highest BCUT2D eigenvalue weighted by atomic mass is 16.6. The summed E-state index contributed by atoms with van der Waals surface area (Å²) in [6.07, 6.45) is 2.41. The van der Waals surface area contributed by atoms with Crippen molar-refractivity contribution in [2.75, 3.05) is 0 Å². The normalized spacial score (nSPS) is 31.6. The molecule has 1 aliphatic rings. The van der Waals surface area contributed by atoms with E-state index in [2.05, 4.69) is 26.8 Å². The van der Waals surface area contributed by atoms with Crippen LogP contribution in [0.2, 0.25) is 0 Å². The van der Waals surface area contributed by atoms with Crippen LogP contribution in [0.25, 0.3) is 0 Å². The van der Waals surface area contributed by atoms with Crippen molar-refractivity contribution in [2.24, 2.45) is 5.41 Å². The van der Waals surface area contributed by atoms with E-state index in [0.717, 1.165) is 12.0 Å². The van der Waals surface area contributed by atoms with E-state index >= 15 is 0 Å². The monoisotopic (exact) mass is 170 g/mol. The first kappa shape index (κ1) is 9.75. The quantitative estimate of drug-likeness (QED) is 0.564. The Hall–Kier alpha value is -0.340. The summed E-state index contributed by atoms with van der Waals surface area (Å²) in [5, 5.41) is 9.42. The molecule has 0 aromatic carbocycles. The van der Waals surface area contributed by atoms with Crippen LogP contribution in [0, 0.1) is 5.41 Å². The topological polar surface area (TPSA) is 29.5 Å². The molecule has 0 aromatic rings. The Bertz CT molecular complexity index is 189. The van der Waals surface area contributed by atoms with Crippen molar-refractivity contribution in [3.63, 3.8) is 0 Å². The van der Waals surface area contributed by atoms with Gasteiger partial charge in [0.05, 0.1) is 6.10 Å². The predicted molar refractivity (Wildman–Crippen MR) is 48.7 cm³/mol. The molecule has 2 atom stereocenters. The molecule has 0 aromatic heterocycles. The first-order valence-electron chi connectivity index (χ1n) is 4.41. The van der Waals surface area contributed by atoms with Gasteiger partial charge in [0.15, 0.2) is 6.29 Å². The molecule has 1 heterocycles. The fraction of sp³-hybridized carbons (Fsp3) is 0.800. The maximum atomic E-state index is 9.42. The SMILES string of the molecule is CC1=CCC(C(C)(C)C)OC1O. The fourth-order valence-corrected chi connectivity index (χ4v) is 1.27. The summed E-state index contributed by atoms with van der Waals surface area (Å²) < 4.78 is 5.45. The van der Waals surface area contributed by atoms with Crippen LogP contribution in [0.5, 0.6) is 0 Å². The lowest BCUT2D eigenvalue weighted by atomic mass is 9.85. The van der Waals surface area contributed by atoms with E-state index in [1.54, 1.807) is 0 Å². The van der Waals surface area contributed by atoms with E-state index in [4.69, 9.17) is 4.74 Å². The van der Waals surface area contributed by atoms with E-state index in [-0.39, 0.29) is 11.5 Å². The highest BCUT2D eigenvalue weighted by molar-refractivity contribution is 5.06. The van der Waals surface area contributed by atoms with Crippen molar-refractivity contribution >= 4 is 0 Å². The van der Waals surface area contributed by atoms with E-state index in [1.165, 1.54) is 0 Å². The first-order valence-corrected chi connectivity index (χ1v) is 4.41. The van der Waals surface area contributed by atoms with Crippen molar-refractivity contribution < 1.29 is 9.84 Å². The van der Waals surface area contributed by atoms with Crippen LogP contribution in [0.1, 0.15) is 34.1 Å². The Morgan fingerprint density at radius 1 is 1.50 bits per heavy atom. The molecular weight excluding hydrogens is 152 g/mol. The van der Waals surface area contributed by atoms with Crippen LogP contribution < -0.4 is 0 Å². The zero-order valence-corrected chi connectivity index (χ0v) is 8.29. The lowest BCUT2D eigenvalue weighted by Gasteiger charge is -2.35. The third kappa shape index (κ3) is 2.08. The van der Waals surface area contributed by atoms with Crippen LogP contribution in [0.15, 0.2) is 11.6 Å². The number of rotatable bonds is 0. The standard InChI is InChI=1S/C10H18O2/c1-7-5-6-8(10(2,3)4)12-9(7)11/h5,8-9,11H,6H2,1-4H3. The summed E-state index contributed by atoms with van der Waals surface area (Å²) in [5.74, 6) is 0. The van der Waals surface area contributed by atoms with Gasteiger partial charge < -0.3 is 9.84 Å². The Kier molecular flexibility index (Phi) is 2.59. The number of hydrogen-bond donors (Lipinski definition) is 1. The van der Waals surface area contributed by atoms with Crippen LogP contribution >= 0.6 is 0 Å². The third-order valence-corrected chi connectivity index (χ3v) is 2.30. The summed E-state index contributed by atoms with van der Waals surface area (Å²) >= 11 is 0. The minimum atomic E-state index is -0.692. The minimum Gasteiger partial charge on any atom is -0.364 e. The molecule has 70 valence electrons. The molecule has 2 unspecified atom stereocenters. The lowest BCUT2D eigenvalue weighted by Crippen LogP contribution is -2.36. The van der Waals surface area contributed by atoms with E-state index in [9.17, 15) is 5.11 Å².